The van der Waals surface area contributed by atoms with Gasteiger partial charge < -0.3 is 14.6 Å². The zero-order chi connectivity index (χ0) is 15.1. The first-order valence-corrected chi connectivity index (χ1v) is 6.81. The molecule has 21 heavy (non-hydrogen) atoms. The summed E-state index contributed by atoms with van der Waals surface area (Å²) in [5, 5.41) is 9.05. The van der Waals surface area contributed by atoms with E-state index in [2.05, 4.69) is 0 Å². The van der Waals surface area contributed by atoms with Crippen molar-refractivity contribution in [2.45, 2.75) is 13.3 Å². The second-order valence-corrected chi connectivity index (χ2v) is 4.65. The van der Waals surface area contributed by atoms with Gasteiger partial charge in [-0.3, -0.25) is 0 Å². The van der Waals surface area contributed by atoms with Crippen LogP contribution in [0.2, 0.25) is 0 Å². The molecule has 2 aromatic rings. The Balaban J connectivity index is 1.76. The van der Waals surface area contributed by atoms with Crippen molar-refractivity contribution in [1.82, 2.24) is 0 Å². The molecule has 4 heteroatoms. The van der Waals surface area contributed by atoms with Gasteiger partial charge in [-0.2, -0.15) is 0 Å². The second-order valence-electron chi connectivity index (χ2n) is 4.65. The lowest BCUT2D eigenvalue weighted by Gasteiger charge is -2.09. The van der Waals surface area contributed by atoms with E-state index in [9.17, 15) is 4.79 Å². The average Bonchev–Trinajstić information content (AvgIpc) is 2.49. The van der Waals surface area contributed by atoms with Crippen LogP contribution in [0.15, 0.2) is 48.5 Å². The maximum absolute atomic E-state index is 11.0. The number of aryl methyl sites for hydroxylation is 1. The summed E-state index contributed by atoms with van der Waals surface area (Å²) in [5.74, 6) is 0.462. The molecule has 0 saturated carbocycles. The van der Waals surface area contributed by atoms with Gasteiger partial charge in [-0.15, -0.1) is 0 Å². The second kappa shape index (κ2) is 7.33. The van der Waals surface area contributed by atoms with Gasteiger partial charge in [0.05, 0.1) is 18.8 Å². The third kappa shape index (κ3) is 4.53. The van der Waals surface area contributed by atoms with Crippen LogP contribution in [0.5, 0.6) is 11.5 Å². The van der Waals surface area contributed by atoms with Gasteiger partial charge in [0.1, 0.15) is 11.5 Å². The average molecular weight is 286 g/mol. The normalized spacial score (nSPS) is 10.1. The number of carbonyl (C=O) groups is 1. The van der Waals surface area contributed by atoms with Gasteiger partial charge in [-0.25, -0.2) is 4.79 Å². The minimum atomic E-state index is -0.939. The summed E-state index contributed by atoms with van der Waals surface area (Å²) >= 11 is 0. The predicted octanol–water partition coefficient (Wildman–Crippen LogP) is 3.54. The van der Waals surface area contributed by atoms with E-state index >= 15 is 0 Å². The number of hydrogen-bond donors (Lipinski definition) is 1. The van der Waals surface area contributed by atoms with Gasteiger partial charge in [0.2, 0.25) is 0 Å². The van der Waals surface area contributed by atoms with Crippen LogP contribution in [-0.2, 0) is 0 Å². The lowest BCUT2D eigenvalue weighted by Crippen LogP contribution is -2.06. The van der Waals surface area contributed by atoms with E-state index in [-0.39, 0.29) is 5.56 Å². The Morgan fingerprint density at radius 2 is 1.67 bits per heavy atom. The van der Waals surface area contributed by atoms with Crippen molar-refractivity contribution in [2.75, 3.05) is 13.2 Å². The largest absolute Gasteiger partial charge is 0.493 e. The Morgan fingerprint density at radius 1 is 1.00 bits per heavy atom. The van der Waals surface area contributed by atoms with Crippen LogP contribution < -0.4 is 9.47 Å². The number of carboxylic acids is 1. The predicted molar refractivity (Wildman–Crippen MR) is 80.2 cm³/mol. The molecule has 0 aliphatic rings. The summed E-state index contributed by atoms with van der Waals surface area (Å²) in [7, 11) is 0. The Bertz CT molecular complexity index is 593. The van der Waals surface area contributed by atoms with E-state index in [1.165, 1.54) is 0 Å². The highest BCUT2D eigenvalue weighted by Crippen LogP contribution is 2.17. The zero-order valence-corrected chi connectivity index (χ0v) is 11.9. The Labute approximate surface area is 123 Å². The highest BCUT2D eigenvalue weighted by molar-refractivity contribution is 5.89. The molecule has 0 aliphatic carbocycles. The van der Waals surface area contributed by atoms with Gasteiger partial charge in [-0.05, 0) is 36.8 Å². The van der Waals surface area contributed by atoms with Crippen LogP contribution in [0.1, 0.15) is 22.3 Å². The highest BCUT2D eigenvalue weighted by Gasteiger charge is 2.08. The molecular weight excluding hydrogens is 268 g/mol. The van der Waals surface area contributed by atoms with E-state index in [0.29, 0.717) is 19.0 Å². The summed E-state index contributed by atoms with van der Waals surface area (Å²) in [6, 6.07) is 14.7. The summed E-state index contributed by atoms with van der Waals surface area (Å²) < 4.78 is 11.1. The molecule has 0 amide bonds. The fourth-order valence-corrected chi connectivity index (χ4v) is 1.88. The smallest absolute Gasteiger partial charge is 0.336 e. The van der Waals surface area contributed by atoms with E-state index in [0.717, 1.165) is 17.7 Å². The SMILES string of the molecule is Cc1ccc(OCCCOc2ccccc2)cc1C(=O)O. The summed E-state index contributed by atoms with van der Waals surface area (Å²) in [6.45, 7) is 2.80. The minimum absolute atomic E-state index is 0.271. The fourth-order valence-electron chi connectivity index (χ4n) is 1.88. The summed E-state index contributed by atoms with van der Waals surface area (Å²) in [4.78, 5) is 11.0. The number of rotatable bonds is 7. The van der Waals surface area contributed by atoms with Gasteiger partial charge >= 0.3 is 5.97 Å². The van der Waals surface area contributed by atoms with E-state index in [4.69, 9.17) is 14.6 Å². The summed E-state index contributed by atoms with van der Waals surface area (Å²) in [5.41, 5.74) is 0.996. The van der Waals surface area contributed by atoms with Crippen LogP contribution in [0.3, 0.4) is 0 Å². The molecular formula is C17H18O4. The molecule has 0 unspecified atom stereocenters. The van der Waals surface area contributed by atoms with Crippen LogP contribution in [0, 0.1) is 6.92 Å². The maximum atomic E-state index is 11.0. The van der Waals surface area contributed by atoms with Crippen molar-refractivity contribution in [1.29, 1.82) is 0 Å². The fraction of sp³-hybridized carbons (Fsp3) is 0.235. The van der Waals surface area contributed by atoms with E-state index in [1.807, 2.05) is 30.3 Å². The lowest BCUT2D eigenvalue weighted by atomic mass is 10.1. The number of ether oxygens (including phenoxy) is 2. The Hall–Kier alpha value is -2.49. The number of hydrogen-bond acceptors (Lipinski definition) is 3. The molecule has 0 heterocycles. The van der Waals surface area contributed by atoms with E-state index < -0.39 is 5.97 Å². The molecule has 2 rings (SSSR count). The first-order chi connectivity index (χ1) is 10.2. The molecule has 110 valence electrons. The van der Waals surface area contributed by atoms with Crippen molar-refractivity contribution in [3.8, 4) is 11.5 Å². The van der Waals surface area contributed by atoms with Crippen LogP contribution in [0.25, 0.3) is 0 Å². The molecule has 0 bridgehead atoms. The number of aromatic carboxylic acids is 1. The first kappa shape index (κ1) is 14.9. The van der Waals surface area contributed by atoms with Gasteiger partial charge in [0, 0.05) is 6.42 Å². The number of benzene rings is 2. The van der Waals surface area contributed by atoms with Gasteiger partial charge in [0.25, 0.3) is 0 Å². The Kier molecular flexibility index (Phi) is 5.21. The number of carboxylic acid groups (broad SMARTS) is 1. The standard InChI is InChI=1S/C17H18O4/c1-13-8-9-15(12-16(13)17(18)19)21-11-5-10-20-14-6-3-2-4-7-14/h2-4,6-9,12H,5,10-11H2,1H3,(H,18,19). The van der Waals surface area contributed by atoms with Gasteiger partial charge in [0.15, 0.2) is 0 Å². The molecule has 0 fully saturated rings. The maximum Gasteiger partial charge on any atom is 0.336 e. The quantitative estimate of drug-likeness (QED) is 0.791. The molecule has 4 nitrogen and oxygen atoms in total. The highest BCUT2D eigenvalue weighted by atomic mass is 16.5. The number of para-hydroxylation sites is 1. The molecule has 1 N–H and O–H groups in total. The molecule has 0 radical (unpaired) electrons. The summed E-state index contributed by atoms with van der Waals surface area (Å²) in [6.07, 6.45) is 0.727. The van der Waals surface area contributed by atoms with Crippen molar-refractivity contribution in [3.63, 3.8) is 0 Å². The van der Waals surface area contributed by atoms with Crippen molar-refractivity contribution < 1.29 is 19.4 Å². The van der Waals surface area contributed by atoms with Crippen LogP contribution in [0.4, 0.5) is 0 Å². The molecule has 0 atom stereocenters. The third-order valence-corrected chi connectivity index (χ3v) is 3.01. The molecule has 2 aromatic carbocycles. The molecule has 0 aromatic heterocycles. The first-order valence-electron chi connectivity index (χ1n) is 6.81. The third-order valence-electron chi connectivity index (χ3n) is 3.01. The van der Waals surface area contributed by atoms with Crippen molar-refractivity contribution in [2.24, 2.45) is 0 Å². The van der Waals surface area contributed by atoms with Crippen molar-refractivity contribution >= 4 is 5.97 Å². The zero-order valence-electron chi connectivity index (χ0n) is 11.9. The Morgan fingerprint density at radius 3 is 2.33 bits per heavy atom. The van der Waals surface area contributed by atoms with Crippen molar-refractivity contribution in [3.05, 3.63) is 59.7 Å². The van der Waals surface area contributed by atoms with E-state index in [1.54, 1.807) is 25.1 Å². The minimum Gasteiger partial charge on any atom is -0.493 e. The molecule has 0 saturated heterocycles. The lowest BCUT2D eigenvalue weighted by molar-refractivity contribution is 0.0695. The molecule has 0 aliphatic heterocycles. The van der Waals surface area contributed by atoms with Gasteiger partial charge in [-0.1, -0.05) is 24.3 Å². The molecule has 0 spiro atoms. The topological polar surface area (TPSA) is 55.8 Å². The van der Waals surface area contributed by atoms with Crippen LogP contribution >= 0.6 is 0 Å². The van der Waals surface area contributed by atoms with Crippen LogP contribution in [-0.4, -0.2) is 24.3 Å². The monoisotopic (exact) mass is 286 g/mol.